The first kappa shape index (κ1) is 19.9. The highest BCUT2D eigenvalue weighted by Crippen LogP contribution is 2.38. The fourth-order valence-electron chi connectivity index (χ4n) is 2.36. The van der Waals surface area contributed by atoms with Crippen LogP contribution < -0.4 is 5.73 Å². The van der Waals surface area contributed by atoms with Gasteiger partial charge in [0, 0.05) is 11.6 Å². The summed E-state index contributed by atoms with van der Waals surface area (Å²) in [5.74, 6) is -1.08. The molecule has 0 spiro atoms. The molecular weight excluding hydrogens is 368 g/mol. The quantitative estimate of drug-likeness (QED) is 0.470. The number of benzene rings is 1. The lowest BCUT2D eigenvalue weighted by atomic mass is 9.91. The maximum atomic E-state index is 11.0. The zero-order valence-electron chi connectivity index (χ0n) is 12.2. The number of nitrogens with two attached hydrogens (primary N) is 1. The Morgan fingerprint density at radius 1 is 1.23 bits per heavy atom. The van der Waals surface area contributed by atoms with Gasteiger partial charge in [0.05, 0.1) is 21.0 Å². The van der Waals surface area contributed by atoms with Gasteiger partial charge in [0.1, 0.15) is 0 Å². The van der Waals surface area contributed by atoms with Crippen LogP contribution in [0.15, 0.2) is 6.07 Å². The lowest BCUT2D eigenvalue weighted by molar-refractivity contribution is -0.141. The first-order chi connectivity index (χ1) is 10.3. The Morgan fingerprint density at radius 3 is 2.41 bits per heavy atom. The molecule has 2 atom stereocenters. The minimum absolute atomic E-state index is 0.157. The highest BCUT2D eigenvalue weighted by Gasteiger charge is 2.19. The lowest BCUT2D eigenvalue weighted by Gasteiger charge is -2.16. The molecule has 0 aliphatic carbocycles. The average molecular weight is 387 g/mol. The van der Waals surface area contributed by atoms with Crippen LogP contribution in [0.2, 0.25) is 20.1 Å². The zero-order valence-corrected chi connectivity index (χ0v) is 15.2. The number of carbonyl (C=O) groups is 1. The van der Waals surface area contributed by atoms with Crippen LogP contribution in [-0.4, -0.2) is 17.6 Å². The molecule has 0 fully saturated rings. The summed E-state index contributed by atoms with van der Waals surface area (Å²) in [5.41, 5.74) is 6.25. The molecule has 0 saturated heterocycles. The van der Waals surface area contributed by atoms with Gasteiger partial charge in [0.15, 0.2) is 0 Å². The van der Waals surface area contributed by atoms with Crippen molar-refractivity contribution in [1.82, 2.24) is 0 Å². The number of rotatable bonds is 8. The summed E-state index contributed by atoms with van der Waals surface area (Å²) in [6.45, 7) is 2.17. The predicted octanol–water partition coefficient (Wildman–Crippen LogP) is 5.31. The summed E-state index contributed by atoms with van der Waals surface area (Å²) in [7, 11) is 0. The molecule has 124 valence electrons. The molecule has 2 unspecified atom stereocenters. The third-order valence-electron chi connectivity index (χ3n) is 3.65. The van der Waals surface area contributed by atoms with E-state index in [2.05, 4.69) is 0 Å². The van der Waals surface area contributed by atoms with Crippen molar-refractivity contribution in [2.24, 2.45) is 17.6 Å². The Kier molecular flexibility index (Phi) is 8.29. The lowest BCUT2D eigenvalue weighted by Crippen LogP contribution is -2.25. The number of hydrogen-bond donors (Lipinski definition) is 2. The van der Waals surface area contributed by atoms with Crippen molar-refractivity contribution in [3.8, 4) is 0 Å². The third kappa shape index (κ3) is 5.47. The topological polar surface area (TPSA) is 63.3 Å². The molecule has 1 aromatic rings. The van der Waals surface area contributed by atoms with Crippen LogP contribution in [0.3, 0.4) is 0 Å². The SMILES string of the molecule is CC(CCCc1c(Cl)cc(Cl)c(Cl)c1Cl)CC(CN)C(=O)O. The van der Waals surface area contributed by atoms with E-state index in [9.17, 15) is 4.79 Å². The number of carboxylic acid groups (broad SMARTS) is 1. The van der Waals surface area contributed by atoms with E-state index in [4.69, 9.17) is 57.2 Å². The predicted molar refractivity (Wildman–Crippen MR) is 93.4 cm³/mol. The van der Waals surface area contributed by atoms with E-state index in [-0.39, 0.29) is 12.5 Å². The first-order valence-electron chi connectivity index (χ1n) is 7.02. The summed E-state index contributed by atoms with van der Waals surface area (Å²) in [6.07, 6.45) is 2.92. The Hall–Kier alpha value is -0.190. The van der Waals surface area contributed by atoms with Gasteiger partial charge in [-0.1, -0.05) is 59.7 Å². The van der Waals surface area contributed by atoms with Crippen LogP contribution in [0.5, 0.6) is 0 Å². The van der Waals surface area contributed by atoms with Crippen molar-refractivity contribution in [2.45, 2.75) is 32.6 Å². The Morgan fingerprint density at radius 2 is 1.86 bits per heavy atom. The first-order valence-corrected chi connectivity index (χ1v) is 8.53. The highest BCUT2D eigenvalue weighted by atomic mass is 35.5. The molecule has 0 radical (unpaired) electrons. The molecule has 3 nitrogen and oxygen atoms in total. The molecule has 0 aromatic heterocycles. The zero-order chi connectivity index (χ0) is 16.9. The van der Waals surface area contributed by atoms with Gasteiger partial charge in [-0.3, -0.25) is 4.79 Å². The smallest absolute Gasteiger partial charge is 0.307 e. The summed E-state index contributed by atoms with van der Waals surface area (Å²) in [6, 6.07) is 1.59. The van der Waals surface area contributed by atoms with Crippen molar-refractivity contribution < 1.29 is 9.90 Å². The molecule has 0 saturated carbocycles. The van der Waals surface area contributed by atoms with E-state index in [0.717, 1.165) is 18.4 Å². The third-order valence-corrected chi connectivity index (χ3v) is 5.29. The van der Waals surface area contributed by atoms with Gasteiger partial charge in [-0.05, 0) is 36.8 Å². The van der Waals surface area contributed by atoms with Crippen molar-refractivity contribution in [1.29, 1.82) is 0 Å². The molecule has 3 N–H and O–H groups in total. The van der Waals surface area contributed by atoms with Gasteiger partial charge in [-0.2, -0.15) is 0 Å². The average Bonchev–Trinajstić information content (AvgIpc) is 2.45. The number of halogens is 4. The van der Waals surface area contributed by atoms with E-state index in [0.29, 0.717) is 32.9 Å². The van der Waals surface area contributed by atoms with Gasteiger partial charge in [-0.25, -0.2) is 0 Å². The fourth-order valence-corrected chi connectivity index (χ4v) is 3.48. The van der Waals surface area contributed by atoms with E-state index in [1.54, 1.807) is 6.07 Å². The summed E-state index contributed by atoms with van der Waals surface area (Å²) in [5, 5.41) is 10.5. The van der Waals surface area contributed by atoms with Gasteiger partial charge >= 0.3 is 5.97 Å². The van der Waals surface area contributed by atoms with Crippen LogP contribution in [0.1, 0.15) is 31.7 Å². The molecule has 1 rings (SSSR count). The van der Waals surface area contributed by atoms with Crippen molar-refractivity contribution in [3.63, 3.8) is 0 Å². The second kappa shape index (κ2) is 9.19. The molecule has 0 heterocycles. The van der Waals surface area contributed by atoms with E-state index >= 15 is 0 Å². The maximum absolute atomic E-state index is 11.0. The summed E-state index contributed by atoms with van der Waals surface area (Å²) in [4.78, 5) is 11.0. The van der Waals surface area contributed by atoms with Gasteiger partial charge in [0.25, 0.3) is 0 Å². The van der Waals surface area contributed by atoms with Crippen LogP contribution in [0, 0.1) is 11.8 Å². The van der Waals surface area contributed by atoms with E-state index < -0.39 is 11.9 Å². The van der Waals surface area contributed by atoms with Gasteiger partial charge < -0.3 is 10.8 Å². The van der Waals surface area contributed by atoms with E-state index in [1.165, 1.54) is 0 Å². The van der Waals surface area contributed by atoms with Crippen LogP contribution in [0.25, 0.3) is 0 Å². The maximum Gasteiger partial charge on any atom is 0.307 e. The van der Waals surface area contributed by atoms with Crippen molar-refractivity contribution in [3.05, 3.63) is 31.7 Å². The number of hydrogen-bond acceptors (Lipinski definition) is 2. The Labute approximate surface area is 150 Å². The molecular formula is C15H19Cl4NO2. The van der Waals surface area contributed by atoms with Crippen LogP contribution in [0.4, 0.5) is 0 Å². The molecule has 7 heteroatoms. The molecule has 0 aliphatic rings. The monoisotopic (exact) mass is 385 g/mol. The van der Waals surface area contributed by atoms with Gasteiger partial charge in [0.2, 0.25) is 0 Å². The summed E-state index contributed by atoms with van der Waals surface area (Å²) < 4.78 is 0. The van der Waals surface area contributed by atoms with Crippen molar-refractivity contribution >= 4 is 52.4 Å². The molecule has 22 heavy (non-hydrogen) atoms. The highest BCUT2D eigenvalue weighted by molar-refractivity contribution is 6.49. The molecule has 0 amide bonds. The number of carboxylic acids is 1. The van der Waals surface area contributed by atoms with E-state index in [1.807, 2.05) is 6.92 Å². The van der Waals surface area contributed by atoms with Crippen LogP contribution in [-0.2, 0) is 11.2 Å². The fraction of sp³-hybridized carbons (Fsp3) is 0.533. The Balaban J connectivity index is 2.58. The standard InChI is InChI=1S/C15H19Cl4NO2/c1-8(5-9(7-20)15(21)22)3-2-4-10-11(16)6-12(17)14(19)13(10)18/h6,8-9H,2-5,7,20H2,1H3,(H,21,22). The number of aliphatic carboxylic acids is 1. The summed E-state index contributed by atoms with van der Waals surface area (Å²) >= 11 is 24.2. The van der Waals surface area contributed by atoms with Gasteiger partial charge in [-0.15, -0.1) is 0 Å². The Bertz CT molecular complexity index is 537. The molecule has 1 aromatic carbocycles. The second-order valence-corrected chi connectivity index (χ2v) is 7.02. The largest absolute Gasteiger partial charge is 0.481 e. The normalized spacial score (nSPS) is 13.9. The second-order valence-electron chi connectivity index (χ2n) is 5.45. The molecule has 0 aliphatic heterocycles. The molecule has 0 bridgehead atoms. The van der Waals surface area contributed by atoms with Crippen LogP contribution >= 0.6 is 46.4 Å². The van der Waals surface area contributed by atoms with Crippen molar-refractivity contribution in [2.75, 3.05) is 6.54 Å². The minimum Gasteiger partial charge on any atom is -0.481 e. The minimum atomic E-state index is -0.843.